The smallest absolute Gasteiger partial charge is 0.191 e. The van der Waals surface area contributed by atoms with Crippen molar-refractivity contribution in [1.29, 1.82) is 0 Å². The average molecular weight is 556 g/mol. The van der Waals surface area contributed by atoms with Crippen LogP contribution in [-0.4, -0.2) is 58.9 Å². The molecule has 0 aromatic heterocycles. The number of guanidine groups is 1. The van der Waals surface area contributed by atoms with Gasteiger partial charge in [-0.05, 0) is 57.3 Å². The molecule has 2 N–H and O–H groups in total. The Bertz CT molecular complexity index is 813. The molecular weight excluding hydrogens is 519 g/mol. The molecule has 8 heteroatoms. The normalized spacial score (nSPS) is 11.0. The Morgan fingerprint density at radius 3 is 2.31 bits per heavy atom. The van der Waals surface area contributed by atoms with Gasteiger partial charge in [0.25, 0.3) is 0 Å². The van der Waals surface area contributed by atoms with Crippen LogP contribution >= 0.6 is 24.0 Å². The lowest BCUT2D eigenvalue weighted by Crippen LogP contribution is -2.36. The molecule has 0 aliphatic heterocycles. The van der Waals surface area contributed by atoms with E-state index in [2.05, 4.69) is 41.8 Å². The molecule has 0 spiro atoms. The van der Waals surface area contributed by atoms with Crippen molar-refractivity contribution >= 4 is 29.9 Å². The molecule has 0 heterocycles. The maximum Gasteiger partial charge on any atom is 0.191 e. The third-order valence-corrected chi connectivity index (χ3v) is 4.65. The van der Waals surface area contributed by atoms with Gasteiger partial charge in [-0.15, -0.1) is 24.0 Å². The number of benzene rings is 2. The summed E-state index contributed by atoms with van der Waals surface area (Å²) in [4.78, 5) is 6.85. The van der Waals surface area contributed by atoms with Gasteiger partial charge in [-0.2, -0.15) is 0 Å². The number of rotatable bonds is 12. The van der Waals surface area contributed by atoms with Gasteiger partial charge in [0.15, 0.2) is 5.96 Å². The van der Waals surface area contributed by atoms with Crippen molar-refractivity contribution in [2.75, 3.05) is 48.0 Å². The summed E-state index contributed by atoms with van der Waals surface area (Å²) in [5.41, 5.74) is 2.16. The van der Waals surface area contributed by atoms with E-state index in [1.165, 1.54) is 0 Å². The highest BCUT2D eigenvalue weighted by molar-refractivity contribution is 14.0. The molecule has 178 valence electrons. The third kappa shape index (κ3) is 9.95. The molecule has 0 atom stereocenters. The number of hydrogen-bond donors (Lipinski definition) is 2. The summed E-state index contributed by atoms with van der Waals surface area (Å²) in [6.07, 6.45) is 1.01. The minimum absolute atomic E-state index is 0. The van der Waals surface area contributed by atoms with E-state index in [-0.39, 0.29) is 24.0 Å². The molecule has 2 rings (SSSR count). The molecule has 0 saturated heterocycles. The molecule has 0 unspecified atom stereocenters. The van der Waals surface area contributed by atoms with Crippen LogP contribution in [0.25, 0.3) is 0 Å². The fourth-order valence-electron chi connectivity index (χ4n) is 2.95. The lowest BCUT2D eigenvalue weighted by atomic mass is 10.2. The van der Waals surface area contributed by atoms with Crippen LogP contribution in [-0.2, 0) is 13.1 Å². The van der Waals surface area contributed by atoms with Gasteiger partial charge in [0, 0.05) is 31.3 Å². The Morgan fingerprint density at radius 1 is 0.969 bits per heavy atom. The molecular formula is C24H37IN4O3. The van der Waals surface area contributed by atoms with E-state index in [0.29, 0.717) is 13.1 Å². The molecule has 0 aliphatic rings. The van der Waals surface area contributed by atoms with E-state index < -0.39 is 0 Å². The molecule has 2 aromatic rings. The number of nitrogens with one attached hydrogen (secondary N) is 2. The molecule has 32 heavy (non-hydrogen) atoms. The maximum absolute atomic E-state index is 5.79. The molecule has 0 saturated carbocycles. The Morgan fingerprint density at radius 2 is 1.69 bits per heavy atom. The van der Waals surface area contributed by atoms with Crippen LogP contribution in [0.2, 0.25) is 0 Å². The summed E-state index contributed by atoms with van der Waals surface area (Å²) in [6.45, 7) is 5.75. The van der Waals surface area contributed by atoms with Crippen LogP contribution in [0.15, 0.2) is 47.5 Å². The predicted octanol–water partition coefficient (Wildman–Crippen LogP) is 3.91. The molecule has 0 bridgehead atoms. The zero-order valence-corrected chi connectivity index (χ0v) is 22.1. The van der Waals surface area contributed by atoms with Crippen molar-refractivity contribution in [3.05, 3.63) is 53.6 Å². The van der Waals surface area contributed by atoms with Crippen LogP contribution in [0, 0.1) is 0 Å². The Kier molecular flexibility index (Phi) is 13.5. The van der Waals surface area contributed by atoms with E-state index in [0.717, 1.165) is 60.5 Å². The van der Waals surface area contributed by atoms with Gasteiger partial charge in [0.2, 0.25) is 0 Å². The van der Waals surface area contributed by atoms with E-state index in [1.54, 1.807) is 14.2 Å². The zero-order valence-electron chi connectivity index (χ0n) is 19.8. The van der Waals surface area contributed by atoms with Gasteiger partial charge in [-0.1, -0.05) is 12.1 Å². The van der Waals surface area contributed by atoms with Crippen molar-refractivity contribution in [3.8, 4) is 17.2 Å². The number of halogens is 1. The highest BCUT2D eigenvalue weighted by atomic mass is 127. The first kappa shape index (κ1) is 27.8. The van der Waals surface area contributed by atoms with Gasteiger partial charge in [0.1, 0.15) is 17.2 Å². The lowest BCUT2D eigenvalue weighted by Gasteiger charge is -2.14. The quantitative estimate of drug-likeness (QED) is 0.179. The summed E-state index contributed by atoms with van der Waals surface area (Å²) in [5.74, 6) is 3.20. The van der Waals surface area contributed by atoms with Crippen molar-refractivity contribution in [2.24, 2.45) is 4.99 Å². The standard InChI is InChI=1S/C24H36N4O3.HI/c1-6-25-24(27-18-20-10-13-22(29-4)16-23(20)30-5)26-17-19-8-11-21(12-9-19)31-15-7-14-28(2)3;/h8-13,16H,6-7,14-15,17-18H2,1-5H3,(H2,25,26,27);1H. The summed E-state index contributed by atoms with van der Waals surface area (Å²) >= 11 is 0. The third-order valence-electron chi connectivity index (χ3n) is 4.65. The zero-order chi connectivity index (χ0) is 22.5. The van der Waals surface area contributed by atoms with Gasteiger partial charge >= 0.3 is 0 Å². The second-order valence-electron chi connectivity index (χ2n) is 7.38. The van der Waals surface area contributed by atoms with Crippen molar-refractivity contribution in [3.63, 3.8) is 0 Å². The maximum atomic E-state index is 5.79. The Labute approximate surface area is 209 Å². The molecule has 0 radical (unpaired) electrons. The van der Waals surface area contributed by atoms with Gasteiger partial charge < -0.3 is 29.7 Å². The van der Waals surface area contributed by atoms with Gasteiger partial charge in [-0.3, -0.25) is 0 Å². The summed E-state index contributed by atoms with van der Waals surface area (Å²) in [5, 5.41) is 6.65. The Balaban J connectivity index is 0.00000512. The molecule has 0 amide bonds. The highest BCUT2D eigenvalue weighted by Gasteiger charge is 2.06. The van der Waals surface area contributed by atoms with Gasteiger partial charge in [-0.25, -0.2) is 4.99 Å². The minimum atomic E-state index is 0. The first-order valence-corrected chi connectivity index (χ1v) is 10.6. The van der Waals surface area contributed by atoms with Crippen LogP contribution in [0.5, 0.6) is 17.2 Å². The molecule has 7 nitrogen and oxygen atoms in total. The van der Waals surface area contributed by atoms with Crippen molar-refractivity contribution in [2.45, 2.75) is 26.4 Å². The fraction of sp³-hybridized carbons (Fsp3) is 0.458. The first-order valence-electron chi connectivity index (χ1n) is 10.6. The summed E-state index contributed by atoms with van der Waals surface area (Å²) in [7, 11) is 7.44. The largest absolute Gasteiger partial charge is 0.497 e. The molecule has 2 aromatic carbocycles. The number of hydrogen-bond acceptors (Lipinski definition) is 5. The topological polar surface area (TPSA) is 67.4 Å². The second kappa shape index (κ2) is 15.6. The fourth-order valence-corrected chi connectivity index (χ4v) is 2.95. The van der Waals surface area contributed by atoms with Crippen LogP contribution in [0.3, 0.4) is 0 Å². The number of nitrogens with zero attached hydrogens (tertiary/aromatic N) is 2. The monoisotopic (exact) mass is 556 g/mol. The first-order chi connectivity index (χ1) is 15.0. The summed E-state index contributed by atoms with van der Waals surface area (Å²) < 4.78 is 16.5. The number of methoxy groups -OCH3 is 2. The van der Waals surface area contributed by atoms with E-state index in [4.69, 9.17) is 19.2 Å². The van der Waals surface area contributed by atoms with Crippen LogP contribution < -0.4 is 24.8 Å². The lowest BCUT2D eigenvalue weighted by molar-refractivity contribution is 0.281. The van der Waals surface area contributed by atoms with Crippen LogP contribution in [0.4, 0.5) is 0 Å². The van der Waals surface area contributed by atoms with Crippen molar-refractivity contribution in [1.82, 2.24) is 15.5 Å². The molecule has 0 aliphatic carbocycles. The Hall–Kier alpha value is -2.20. The SMILES string of the molecule is CCNC(=NCc1ccc(OCCCN(C)C)cc1)NCc1ccc(OC)cc1OC.I. The van der Waals surface area contributed by atoms with E-state index in [9.17, 15) is 0 Å². The minimum Gasteiger partial charge on any atom is -0.497 e. The number of ether oxygens (including phenoxy) is 3. The van der Waals surface area contributed by atoms with Gasteiger partial charge in [0.05, 0.1) is 27.4 Å². The highest BCUT2D eigenvalue weighted by Crippen LogP contribution is 2.24. The van der Waals surface area contributed by atoms with E-state index in [1.807, 2.05) is 37.3 Å². The van der Waals surface area contributed by atoms with Crippen LogP contribution in [0.1, 0.15) is 24.5 Å². The second-order valence-corrected chi connectivity index (χ2v) is 7.38. The average Bonchev–Trinajstić information content (AvgIpc) is 2.79. The van der Waals surface area contributed by atoms with E-state index >= 15 is 0 Å². The number of aliphatic imine (C=N–C) groups is 1. The predicted molar refractivity (Wildman–Crippen MR) is 142 cm³/mol. The molecule has 0 fully saturated rings. The van der Waals surface area contributed by atoms with Crippen molar-refractivity contribution < 1.29 is 14.2 Å². The summed E-state index contributed by atoms with van der Waals surface area (Å²) in [6, 6.07) is 13.9.